The van der Waals surface area contributed by atoms with Gasteiger partial charge in [0.05, 0.1) is 36.3 Å². The number of ether oxygens (including phenoxy) is 2. The number of benzene rings is 2. The highest BCUT2D eigenvalue weighted by atomic mass is 32.2. The predicted molar refractivity (Wildman–Crippen MR) is 117 cm³/mol. The van der Waals surface area contributed by atoms with Gasteiger partial charge < -0.3 is 9.47 Å². The summed E-state index contributed by atoms with van der Waals surface area (Å²) in [5.74, 6) is 0.483. The Morgan fingerprint density at radius 3 is 2.50 bits per heavy atom. The maximum absolute atomic E-state index is 13.1. The maximum Gasteiger partial charge on any atom is 0.338 e. The monoisotopic (exact) mass is 422 g/mol. The second-order valence-corrected chi connectivity index (χ2v) is 7.64. The van der Waals surface area contributed by atoms with Crippen molar-refractivity contribution >= 4 is 34.5 Å². The molecule has 0 N–H and O–H groups in total. The number of esters is 1. The summed E-state index contributed by atoms with van der Waals surface area (Å²) in [6.45, 7) is 4.49. The maximum atomic E-state index is 13.1. The molecule has 0 saturated carbocycles. The van der Waals surface area contributed by atoms with E-state index in [0.29, 0.717) is 28.8 Å². The first-order valence-electron chi connectivity index (χ1n) is 9.87. The average molecular weight is 423 g/mol. The molecule has 1 atom stereocenters. The number of carbonyl (C=O) groups is 2. The standard InChI is InChI=1S/C23H22N2O4S/c1-3-28-17-12-10-16(11-13-17)21-19(22(27)29-4-2)20(15-8-6-5-7-9-15)24-23-25(21)18(26)14-30-23/h5-13,21H,3-4,14H2,1-2H3/t21-/m1/s1. The van der Waals surface area contributed by atoms with Gasteiger partial charge >= 0.3 is 5.97 Å². The van der Waals surface area contributed by atoms with E-state index in [4.69, 9.17) is 14.5 Å². The number of hydrogen-bond acceptors (Lipinski definition) is 6. The van der Waals surface area contributed by atoms with E-state index in [-0.39, 0.29) is 12.5 Å². The largest absolute Gasteiger partial charge is 0.494 e. The number of fused-ring (bicyclic) bond motifs is 1. The molecule has 4 rings (SSSR count). The van der Waals surface area contributed by atoms with E-state index >= 15 is 0 Å². The molecule has 2 aromatic carbocycles. The summed E-state index contributed by atoms with van der Waals surface area (Å²) in [5, 5.41) is 0.603. The van der Waals surface area contributed by atoms with Gasteiger partial charge in [-0.3, -0.25) is 9.69 Å². The molecule has 0 spiro atoms. The van der Waals surface area contributed by atoms with Crippen LogP contribution in [0.1, 0.15) is 31.0 Å². The van der Waals surface area contributed by atoms with Gasteiger partial charge in [-0.25, -0.2) is 9.79 Å². The molecule has 2 aliphatic heterocycles. The highest BCUT2D eigenvalue weighted by Gasteiger charge is 2.44. The lowest BCUT2D eigenvalue weighted by Gasteiger charge is -2.33. The van der Waals surface area contributed by atoms with Crippen LogP contribution in [0.15, 0.2) is 65.2 Å². The number of aliphatic imine (C=N–C) groups is 1. The molecule has 0 aliphatic carbocycles. The Hall–Kier alpha value is -3.06. The highest BCUT2D eigenvalue weighted by Crippen LogP contribution is 2.44. The molecule has 2 aromatic rings. The summed E-state index contributed by atoms with van der Waals surface area (Å²) in [6, 6.07) is 16.4. The van der Waals surface area contributed by atoms with E-state index < -0.39 is 12.0 Å². The van der Waals surface area contributed by atoms with Gasteiger partial charge in [0.1, 0.15) is 5.75 Å². The molecule has 0 radical (unpaired) electrons. The van der Waals surface area contributed by atoms with Gasteiger partial charge in [-0.2, -0.15) is 0 Å². The Bertz CT molecular complexity index is 1020. The van der Waals surface area contributed by atoms with Gasteiger partial charge in [0.25, 0.3) is 0 Å². The molecule has 7 heteroatoms. The second kappa shape index (κ2) is 8.75. The smallest absolute Gasteiger partial charge is 0.338 e. The Kier molecular flexibility index (Phi) is 5.90. The molecule has 0 aromatic heterocycles. The third-order valence-electron chi connectivity index (χ3n) is 4.84. The lowest BCUT2D eigenvalue weighted by molar-refractivity contribution is -0.139. The van der Waals surface area contributed by atoms with Gasteiger partial charge in [0.15, 0.2) is 5.17 Å². The molecule has 2 heterocycles. The van der Waals surface area contributed by atoms with Crippen LogP contribution >= 0.6 is 11.8 Å². The van der Waals surface area contributed by atoms with Gasteiger partial charge in [0.2, 0.25) is 5.91 Å². The van der Waals surface area contributed by atoms with Crippen molar-refractivity contribution in [2.45, 2.75) is 19.9 Å². The Morgan fingerprint density at radius 1 is 1.10 bits per heavy atom. The van der Waals surface area contributed by atoms with Crippen molar-refractivity contribution < 1.29 is 19.1 Å². The van der Waals surface area contributed by atoms with E-state index in [1.807, 2.05) is 61.5 Å². The molecule has 1 fully saturated rings. The number of amidine groups is 1. The van der Waals surface area contributed by atoms with Crippen LogP contribution in [-0.2, 0) is 14.3 Å². The number of nitrogens with zero attached hydrogens (tertiary/aromatic N) is 2. The molecule has 154 valence electrons. The van der Waals surface area contributed by atoms with Crippen molar-refractivity contribution in [3.05, 3.63) is 71.3 Å². The molecule has 1 amide bonds. The number of hydrogen-bond donors (Lipinski definition) is 0. The zero-order valence-corrected chi connectivity index (χ0v) is 17.6. The average Bonchev–Trinajstić information content (AvgIpc) is 3.14. The summed E-state index contributed by atoms with van der Waals surface area (Å²) >= 11 is 1.39. The first kappa shape index (κ1) is 20.2. The van der Waals surface area contributed by atoms with Crippen molar-refractivity contribution in [1.82, 2.24) is 4.90 Å². The van der Waals surface area contributed by atoms with Crippen molar-refractivity contribution in [2.75, 3.05) is 19.0 Å². The van der Waals surface area contributed by atoms with Gasteiger partial charge in [-0.15, -0.1) is 0 Å². The Labute approximate surface area is 179 Å². The van der Waals surface area contributed by atoms with Gasteiger partial charge in [0, 0.05) is 5.56 Å². The normalized spacial score (nSPS) is 18.2. The molecular weight excluding hydrogens is 400 g/mol. The van der Waals surface area contributed by atoms with Crippen molar-refractivity contribution in [3.8, 4) is 5.75 Å². The molecule has 0 bridgehead atoms. The minimum Gasteiger partial charge on any atom is -0.494 e. The van der Waals surface area contributed by atoms with E-state index in [1.165, 1.54) is 11.8 Å². The molecule has 6 nitrogen and oxygen atoms in total. The minimum absolute atomic E-state index is 0.0773. The van der Waals surface area contributed by atoms with Crippen LogP contribution in [0, 0.1) is 0 Å². The molecular formula is C23H22N2O4S. The molecule has 30 heavy (non-hydrogen) atoms. The third-order valence-corrected chi connectivity index (χ3v) is 5.78. The molecule has 1 saturated heterocycles. The highest BCUT2D eigenvalue weighted by molar-refractivity contribution is 8.15. The Morgan fingerprint density at radius 2 is 1.83 bits per heavy atom. The van der Waals surface area contributed by atoms with Crippen molar-refractivity contribution in [1.29, 1.82) is 0 Å². The van der Waals surface area contributed by atoms with Crippen LogP contribution in [-0.4, -0.2) is 40.9 Å². The van der Waals surface area contributed by atoms with Crippen LogP contribution in [0.25, 0.3) is 5.70 Å². The van der Waals surface area contributed by atoms with Gasteiger partial charge in [-0.1, -0.05) is 54.2 Å². The van der Waals surface area contributed by atoms with E-state index in [9.17, 15) is 9.59 Å². The quantitative estimate of drug-likeness (QED) is 0.657. The second-order valence-electron chi connectivity index (χ2n) is 6.70. The number of thioether (sulfide) groups is 1. The number of rotatable bonds is 6. The SMILES string of the molecule is CCOC(=O)C1=C(c2ccccc2)N=C2SCC(=O)N2[C@@H]1c1ccc(OCC)cc1. The fourth-order valence-corrected chi connectivity index (χ4v) is 4.48. The summed E-state index contributed by atoms with van der Waals surface area (Å²) in [5.41, 5.74) is 2.52. The van der Waals surface area contributed by atoms with Crippen LogP contribution in [0.5, 0.6) is 5.75 Å². The summed E-state index contributed by atoms with van der Waals surface area (Å²) < 4.78 is 10.9. The minimum atomic E-state index is -0.607. The summed E-state index contributed by atoms with van der Waals surface area (Å²) in [7, 11) is 0. The van der Waals surface area contributed by atoms with Crippen molar-refractivity contribution in [3.63, 3.8) is 0 Å². The van der Waals surface area contributed by atoms with Crippen molar-refractivity contribution in [2.24, 2.45) is 4.99 Å². The first-order chi connectivity index (χ1) is 14.6. The third kappa shape index (κ3) is 3.73. The fraction of sp³-hybridized carbons (Fsp3) is 0.261. The number of amides is 1. The van der Waals surface area contributed by atoms with E-state index in [0.717, 1.165) is 16.9 Å². The van der Waals surface area contributed by atoms with E-state index in [1.54, 1.807) is 11.8 Å². The van der Waals surface area contributed by atoms with Crippen LogP contribution in [0.4, 0.5) is 0 Å². The summed E-state index contributed by atoms with van der Waals surface area (Å²) in [6.07, 6.45) is 0. The lowest BCUT2D eigenvalue weighted by Crippen LogP contribution is -2.39. The Balaban J connectivity index is 1.90. The zero-order valence-electron chi connectivity index (χ0n) is 16.8. The number of carbonyl (C=O) groups excluding carboxylic acids is 2. The topological polar surface area (TPSA) is 68.2 Å². The van der Waals surface area contributed by atoms with Crippen LogP contribution in [0.3, 0.4) is 0 Å². The zero-order chi connectivity index (χ0) is 21.1. The van der Waals surface area contributed by atoms with Gasteiger partial charge in [-0.05, 0) is 31.5 Å². The van der Waals surface area contributed by atoms with Crippen LogP contribution in [0.2, 0.25) is 0 Å². The molecule has 0 unspecified atom stereocenters. The predicted octanol–water partition coefficient (Wildman–Crippen LogP) is 4.05. The lowest BCUT2D eigenvalue weighted by atomic mass is 9.92. The molecule has 2 aliphatic rings. The summed E-state index contributed by atoms with van der Waals surface area (Å²) in [4.78, 5) is 32.2. The van der Waals surface area contributed by atoms with Crippen LogP contribution < -0.4 is 4.74 Å². The first-order valence-corrected chi connectivity index (χ1v) is 10.9. The van der Waals surface area contributed by atoms with E-state index in [2.05, 4.69) is 0 Å². The fourth-order valence-electron chi connectivity index (χ4n) is 3.59.